The van der Waals surface area contributed by atoms with Gasteiger partial charge in [0.1, 0.15) is 12.6 Å². The first-order chi connectivity index (χ1) is 16.8. The standard InChI is InChI=1S/C21H32N6O4S2.C2H6/c1-5-18-25-15(12-32-18)9-27(4)10-17(28)26-19(14(2)3)20(29)23-6-7-24-21(30)31-11-16-8-22-13-33-16;1-2/h8,12-14,19H,5-7,9-11H2,1-4H3,(H,23,29)(H,24,30)(H,26,28);1-2H3. The van der Waals surface area contributed by atoms with Gasteiger partial charge in [-0.25, -0.2) is 9.78 Å². The molecule has 0 aliphatic rings. The Bertz CT molecular complexity index is 888. The van der Waals surface area contributed by atoms with Crippen LogP contribution in [0.5, 0.6) is 0 Å². The van der Waals surface area contributed by atoms with E-state index in [9.17, 15) is 14.4 Å². The van der Waals surface area contributed by atoms with Gasteiger partial charge in [0.25, 0.3) is 0 Å². The molecular weight excluding hydrogens is 488 g/mol. The summed E-state index contributed by atoms with van der Waals surface area (Å²) >= 11 is 3.01. The Morgan fingerprint density at radius 1 is 1.14 bits per heavy atom. The highest BCUT2D eigenvalue weighted by Crippen LogP contribution is 2.11. The van der Waals surface area contributed by atoms with E-state index in [1.807, 2.05) is 45.0 Å². The number of nitrogens with zero attached hydrogens (tertiary/aromatic N) is 3. The summed E-state index contributed by atoms with van der Waals surface area (Å²) in [5.74, 6) is -0.628. The summed E-state index contributed by atoms with van der Waals surface area (Å²) < 4.78 is 5.06. The molecule has 0 aliphatic carbocycles. The van der Waals surface area contributed by atoms with E-state index in [4.69, 9.17) is 4.74 Å². The van der Waals surface area contributed by atoms with Crippen LogP contribution in [0, 0.1) is 5.92 Å². The average Bonchev–Trinajstić information content (AvgIpc) is 3.51. The molecule has 2 heterocycles. The minimum absolute atomic E-state index is 0.0951. The van der Waals surface area contributed by atoms with Gasteiger partial charge in [-0.1, -0.05) is 34.6 Å². The second kappa shape index (κ2) is 17.0. The lowest BCUT2D eigenvalue weighted by atomic mass is 10.0. The predicted molar refractivity (Wildman–Crippen MR) is 139 cm³/mol. The fourth-order valence-corrected chi connectivity index (χ4v) is 4.12. The number of carbonyl (C=O) groups is 3. The number of likely N-dealkylation sites (N-methyl/N-ethyl adjacent to an activating group) is 1. The molecule has 196 valence electrons. The van der Waals surface area contributed by atoms with Crippen molar-refractivity contribution in [1.82, 2.24) is 30.8 Å². The van der Waals surface area contributed by atoms with Crippen LogP contribution in [0.4, 0.5) is 4.79 Å². The summed E-state index contributed by atoms with van der Waals surface area (Å²) in [7, 11) is 1.84. The van der Waals surface area contributed by atoms with Crippen molar-refractivity contribution < 1.29 is 19.1 Å². The van der Waals surface area contributed by atoms with E-state index in [1.165, 1.54) is 11.3 Å². The highest BCUT2D eigenvalue weighted by atomic mass is 32.1. The minimum Gasteiger partial charge on any atom is -0.444 e. The topological polar surface area (TPSA) is 126 Å². The monoisotopic (exact) mass is 526 g/mol. The van der Waals surface area contributed by atoms with Gasteiger partial charge in [0.2, 0.25) is 11.8 Å². The molecule has 35 heavy (non-hydrogen) atoms. The van der Waals surface area contributed by atoms with Crippen LogP contribution in [0.15, 0.2) is 17.1 Å². The number of aryl methyl sites for hydroxylation is 1. The summed E-state index contributed by atoms with van der Waals surface area (Å²) in [5, 5.41) is 11.2. The quantitative estimate of drug-likeness (QED) is 0.343. The van der Waals surface area contributed by atoms with Crippen LogP contribution in [0.2, 0.25) is 0 Å². The SMILES string of the molecule is CC.CCc1nc(CN(C)CC(=O)NC(C(=O)NCCNC(=O)OCc2cncs2)C(C)C)cs1. The summed E-state index contributed by atoms with van der Waals surface area (Å²) in [4.78, 5) is 47.9. The number of hydrogen-bond acceptors (Lipinski definition) is 9. The highest BCUT2D eigenvalue weighted by Gasteiger charge is 2.24. The molecule has 2 aromatic rings. The van der Waals surface area contributed by atoms with Gasteiger partial charge in [0.15, 0.2) is 0 Å². The van der Waals surface area contributed by atoms with E-state index in [1.54, 1.807) is 23.0 Å². The number of thiazole rings is 2. The Labute approximate surface area is 215 Å². The van der Waals surface area contributed by atoms with Gasteiger partial charge in [-0.3, -0.25) is 19.5 Å². The molecule has 0 saturated carbocycles. The van der Waals surface area contributed by atoms with Crippen molar-refractivity contribution in [2.75, 3.05) is 26.7 Å². The molecular formula is C23H38N6O4S2. The van der Waals surface area contributed by atoms with Gasteiger partial charge < -0.3 is 20.7 Å². The number of alkyl carbamates (subject to hydrolysis) is 1. The van der Waals surface area contributed by atoms with E-state index >= 15 is 0 Å². The van der Waals surface area contributed by atoms with E-state index in [2.05, 4.69) is 32.8 Å². The maximum absolute atomic E-state index is 12.6. The molecule has 0 bridgehead atoms. The molecule has 1 atom stereocenters. The Morgan fingerprint density at radius 2 is 1.86 bits per heavy atom. The van der Waals surface area contributed by atoms with Crippen LogP contribution in [-0.4, -0.2) is 65.5 Å². The van der Waals surface area contributed by atoms with Crippen molar-refractivity contribution in [3.8, 4) is 0 Å². The van der Waals surface area contributed by atoms with Crippen LogP contribution < -0.4 is 16.0 Å². The molecule has 0 saturated heterocycles. The number of ether oxygens (including phenoxy) is 1. The van der Waals surface area contributed by atoms with Crippen molar-refractivity contribution in [3.05, 3.63) is 32.7 Å². The maximum atomic E-state index is 12.6. The molecule has 1 unspecified atom stereocenters. The van der Waals surface area contributed by atoms with E-state index in [0.29, 0.717) is 6.54 Å². The molecule has 0 spiro atoms. The number of aromatic nitrogens is 2. The first-order valence-corrected chi connectivity index (χ1v) is 13.5. The third-order valence-corrected chi connectivity index (χ3v) is 6.33. The number of hydrogen-bond donors (Lipinski definition) is 3. The maximum Gasteiger partial charge on any atom is 0.407 e. The number of rotatable bonds is 13. The van der Waals surface area contributed by atoms with Crippen molar-refractivity contribution in [3.63, 3.8) is 0 Å². The fourth-order valence-electron chi connectivity index (χ4n) is 2.88. The van der Waals surface area contributed by atoms with Crippen molar-refractivity contribution in [1.29, 1.82) is 0 Å². The van der Waals surface area contributed by atoms with Gasteiger partial charge in [0.05, 0.1) is 27.6 Å². The van der Waals surface area contributed by atoms with Crippen molar-refractivity contribution >= 4 is 40.6 Å². The van der Waals surface area contributed by atoms with Crippen LogP contribution in [-0.2, 0) is 33.9 Å². The lowest BCUT2D eigenvalue weighted by Crippen LogP contribution is -2.52. The molecule has 3 amide bonds. The zero-order chi connectivity index (χ0) is 26.2. The van der Waals surface area contributed by atoms with Gasteiger partial charge in [-0.05, 0) is 19.4 Å². The molecule has 12 heteroatoms. The van der Waals surface area contributed by atoms with E-state index < -0.39 is 12.1 Å². The second-order valence-corrected chi connectivity index (χ2v) is 9.72. The summed E-state index contributed by atoms with van der Waals surface area (Å²) in [6.45, 7) is 11.1. The summed E-state index contributed by atoms with van der Waals surface area (Å²) in [6, 6.07) is -0.671. The van der Waals surface area contributed by atoms with Gasteiger partial charge in [-0.2, -0.15) is 0 Å². The predicted octanol–water partition coefficient (Wildman–Crippen LogP) is 2.80. The molecule has 0 fully saturated rings. The third-order valence-electron chi connectivity index (χ3n) is 4.54. The molecule has 3 N–H and O–H groups in total. The second-order valence-electron chi connectivity index (χ2n) is 7.81. The summed E-state index contributed by atoms with van der Waals surface area (Å²) in [6.07, 6.45) is 1.96. The average molecular weight is 527 g/mol. The molecule has 2 rings (SSSR count). The zero-order valence-electron chi connectivity index (χ0n) is 21.4. The minimum atomic E-state index is -0.671. The Morgan fingerprint density at radius 3 is 2.46 bits per heavy atom. The van der Waals surface area contributed by atoms with Crippen LogP contribution in [0.3, 0.4) is 0 Å². The number of nitrogens with one attached hydrogen (secondary N) is 3. The molecule has 10 nitrogen and oxygen atoms in total. The Balaban J connectivity index is 0.00000298. The highest BCUT2D eigenvalue weighted by molar-refractivity contribution is 7.09. The first-order valence-electron chi connectivity index (χ1n) is 11.7. The molecule has 0 radical (unpaired) electrons. The van der Waals surface area contributed by atoms with E-state index in [-0.39, 0.29) is 44.0 Å². The third kappa shape index (κ3) is 12.1. The van der Waals surface area contributed by atoms with Crippen molar-refractivity contribution in [2.45, 2.75) is 60.2 Å². The van der Waals surface area contributed by atoms with Gasteiger partial charge >= 0.3 is 6.09 Å². The molecule has 0 aromatic carbocycles. The zero-order valence-corrected chi connectivity index (χ0v) is 23.1. The van der Waals surface area contributed by atoms with Crippen LogP contribution >= 0.6 is 22.7 Å². The Hall–Kier alpha value is -2.57. The molecule has 0 aliphatic heterocycles. The van der Waals surface area contributed by atoms with Gasteiger partial charge in [0, 0.05) is 31.2 Å². The number of amides is 3. The first kappa shape index (κ1) is 30.5. The van der Waals surface area contributed by atoms with Crippen molar-refractivity contribution in [2.24, 2.45) is 5.92 Å². The normalized spacial score (nSPS) is 11.4. The lowest BCUT2D eigenvalue weighted by Gasteiger charge is -2.23. The van der Waals surface area contributed by atoms with Crippen LogP contribution in [0.1, 0.15) is 50.2 Å². The summed E-state index contributed by atoms with van der Waals surface area (Å²) in [5.41, 5.74) is 2.60. The van der Waals surface area contributed by atoms with E-state index in [0.717, 1.165) is 22.0 Å². The lowest BCUT2D eigenvalue weighted by molar-refractivity contribution is -0.130. The number of carbonyl (C=O) groups excluding carboxylic acids is 3. The fraction of sp³-hybridized carbons (Fsp3) is 0.609. The smallest absolute Gasteiger partial charge is 0.407 e. The Kier molecular flexibility index (Phi) is 14.8. The van der Waals surface area contributed by atoms with Crippen LogP contribution in [0.25, 0.3) is 0 Å². The largest absolute Gasteiger partial charge is 0.444 e. The molecule has 2 aromatic heterocycles. The van der Waals surface area contributed by atoms with Gasteiger partial charge in [-0.15, -0.1) is 22.7 Å².